The highest BCUT2D eigenvalue weighted by molar-refractivity contribution is 6.36. The van der Waals surface area contributed by atoms with Gasteiger partial charge in [0.2, 0.25) is 5.91 Å². The first-order valence-electron chi connectivity index (χ1n) is 8.27. The molecule has 3 atom stereocenters. The van der Waals surface area contributed by atoms with Crippen LogP contribution >= 0.6 is 11.6 Å². The van der Waals surface area contributed by atoms with Crippen molar-refractivity contribution in [3.8, 4) is 6.07 Å². The van der Waals surface area contributed by atoms with Gasteiger partial charge in [0, 0.05) is 30.2 Å². The number of halogens is 1. The number of carbonyl (C=O) groups excluding carboxylic acids is 2. The fourth-order valence-electron chi connectivity index (χ4n) is 3.19. The maximum absolute atomic E-state index is 12.1. The number of fused-ring (bicyclic) bond motifs is 1. The number of aromatic nitrogens is 1. The number of carbonyl (C=O) groups is 2. The van der Waals surface area contributed by atoms with Gasteiger partial charge in [0.05, 0.1) is 22.9 Å². The van der Waals surface area contributed by atoms with E-state index in [9.17, 15) is 14.7 Å². The van der Waals surface area contributed by atoms with Crippen molar-refractivity contribution >= 4 is 45.7 Å². The lowest BCUT2D eigenvalue weighted by atomic mass is 10.1. The normalized spacial score (nSPS) is 24.6. The van der Waals surface area contributed by atoms with Crippen molar-refractivity contribution in [3.05, 3.63) is 29.4 Å². The molecule has 1 aromatic carbocycles. The maximum atomic E-state index is 12.1. The second-order valence-corrected chi connectivity index (χ2v) is 6.99. The summed E-state index contributed by atoms with van der Waals surface area (Å²) in [4.78, 5) is 29.8. The van der Waals surface area contributed by atoms with Crippen LogP contribution in [0.15, 0.2) is 24.4 Å². The number of hydrogen-bond donors (Lipinski definition) is 2. The van der Waals surface area contributed by atoms with Crippen LogP contribution in [0.2, 0.25) is 5.02 Å². The molecular weight excluding hydrogens is 356 g/mol. The van der Waals surface area contributed by atoms with E-state index in [0.717, 1.165) is 5.39 Å². The van der Waals surface area contributed by atoms with Crippen molar-refractivity contribution in [2.75, 3.05) is 16.8 Å². The number of anilines is 2. The summed E-state index contributed by atoms with van der Waals surface area (Å²) >= 11 is 6.32. The van der Waals surface area contributed by atoms with Gasteiger partial charge in [-0.3, -0.25) is 9.59 Å². The molecule has 7 nitrogen and oxygen atoms in total. The average Bonchev–Trinajstić information content (AvgIpc) is 3.34. The lowest BCUT2D eigenvalue weighted by molar-refractivity contribution is -0.124. The molecule has 26 heavy (non-hydrogen) atoms. The van der Waals surface area contributed by atoms with E-state index in [1.54, 1.807) is 24.4 Å². The van der Waals surface area contributed by atoms with Gasteiger partial charge in [-0.15, -0.1) is 0 Å². The molecule has 2 amide bonds. The summed E-state index contributed by atoms with van der Waals surface area (Å²) in [6.07, 6.45) is 1.54. The van der Waals surface area contributed by atoms with Crippen molar-refractivity contribution in [1.82, 2.24) is 4.98 Å². The molecule has 0 unspecified atom stereocenters. The number of amides is 2. The van der Waals surface area contributed by atoms with Gasteiger partial charge < -0.3 is 15.3 Å². The summed E-state index contributed by atoms with van der Waals surface area (Å²) in [7, 11) is 0. The van der Waals surface area contributed by atoms with Gasteiger partial charge in [-0.25, -0.2) is 4.98 Å². The number of aliphatic hydroxyl groups is 1. The van der Waals surface area contributed by atoms with E-state index in [0.29, 0.717) is 41.3 Å². The third-order valence-corrected chi connectivity index (χ3v) is 5.12. The Labute approximate surface area is 154 Å². The molecule has 0 spiro atoms. The van der Waals surface area contributed by atoms with Crippen LogP contribution < -0.4 is 10.2 Å². The van der Waals surface area contributed by atoms with Crippen LogP contribution in [0, 0.1) is 23.2 Å². The number of nitrogens with zero attached hydrogens (tertiary/aromatic N) is 3. The van der Waals surface area contributed by atoms with Crippen molar-refractivity contribution in [1.29, 1.82) is 5.26 Å². The first-order valence-corrected chi connectivity index (χ1v) is 8.65. The molecule has 0 bridgehead atoms. The molecule has 0 radical (unpaired) electrons. The highest BCUT2D eigenvalue weighted by atomic mass is 35.5. The number of nitrogens with one attached hydrogen (secondary N) is 1. The summed E-state index contributed by atoms with van der Waals surface area (Å²) in [6.45, 7) is 0.424. The molecule has 8 heteroatoms. The topological polar surface area (TPSA) is 106 Å². The molecule has 1 aliphatic heterocycles. The van der Waals surface area contributed by atoms with Crippen LogP contribution in [-0.2, 0) is 9.59 Å². The van der Waals surface area contributed by atoms with Gasteiger partial charge in [-0.1, -0.05) is 11.6 Å². The third kappa shape index (κ3) is 2.87. The van der Waals surface area contributed by atoms with Crippen LogP contribution in [0.5, 0.6) is 0 Å². The highest BCUT2D eigenvalue weighted by Gasteiger charge is 2.43. The first kappa shape index (κ1) is 16.8. The van der Waals surface area contributed by atoms with E-state index in [2.05, 4.69) is 16.4 Å². The maximum Gasteiger partial charge on any atom is 0.255 e. The van der Waals surface area contributed by atoms with E-state index < -0.39 is 6.10 Å². The third-order valence-electron chi connectivity index (χ3n) is 4.80. The molecule has 2 aromatic rings. The highest BCUT2D eigenvalue weighted by Crippen LogP contribution is 2.38. The second kappa shape index (κ2) is 6.24. The van der Waals surface area contributed by atoms with Crippen LogP contribution in [-0.4, -0.2) is 34.6 Å². The Hall–Kier alpha value is -2.69. The minimum absolute atomic E-state index is 0.218. The van der Waals surface area contributed by atoms with Crippen LogP contribution in [0.4, 0.5) is 11.5 Å². The number of nitriles is 1. The van der Waals surface area contributed by atoms with E-state index in [-0.39, 0.29) is 23.7 Å². The summed E-state index contributed by atoms with van der Waals surface area (Å²) in [5.74, 6) is -0.699. The number of hydrogen-bond acceptors (Lipinski definition) is 5. The lowest BCUT2D eigenvalue weighted by Crippen LogP contribution is -2.29. The van der Waals surface area contributed by atoms with Crippen molar-refractivity contribution < 1.29 is 14.7 Å². The van der Waals surface area contributed by atoms with E-state index in [1.807, 2.05) is 0 Å². The quantitative estimate of drug-likeness (QED) is 0.860. The van der Waals surface area contributed by atoms with Crippen LogP contribution in [0.25, 0.3) is 10.8 Å². The van der Waals surface area contributed by atoms with Crippen molar-refractivity contribution in [2.45, 2.75) is 18.9 Å². The zero-order chi connectivity index (χ0) is 18.4. The zero-order valence-electron chi connectivity index (χ0n) is 13.6. The first-order chi connectivity index (χ1) is 12.5. The molecule has 2 fully saturated rings. The van der Waals surface area contributed by atoms with E-state index in [4.69, 9.17) is 16.9 Å². The monoisotopic (exact) mass is 370 g/mol. The van der Waals surface area contributed by atoms with Gasteiger partial charge in [-0.2, -0.15) is 5.26 Å². The molecule has 132 valence electrons. The van der Waals surface area contributed by atoms with Crippen LogP contribution in [0.3, 0.4) is 0 Å². The molecule has 2 heterocycles. The van der Waals surface area contributed by atoms with Crippen LogP contribution in [0.1, 0.15) is 12.8 Å². The number of pyridine rings is 1. The Morgan fingerprint density at radius 1 is 1.42 bits per heavy atom. The lowest BCUT2D eigenvalue weighted by Gasteiger charge is -2.17. The fraction of sp³-hybridized carbons (Fsp3) is 0.333. The van der Waals surface area contributed by atoms with Crippen molar-refractivity contribution in [3.63, 3.8) is 0 Å². The number of benzene rings is 1. The molecular formula is C18H15ClN4O3. The Balaban J connectivity index is 1.63. The standard InChI is InChI=1S/C18H15ClN4O3/c19-14-6-11(23-2-1-15(24)18(23)26)3-9-5-16(21-8-13(9)14)22-17(25)12-4-10(12)7-20/h3,5-6,8,10,12,15,24H,1-2,4H2,(H,21,22,25)/t10-,12+,15+/m1/s1. The predicted molar refractivity (Wildman–Crippen MR) is 95.6 cm³/mol. The minimum atomic E-state index is -0.983. The minimum Gasteiger partial charge on any atom is -0.383 e. The summed E-state index contributed by atoms with van der Waals surface area (Å²) in [6, 6.07) is 7.22. The second-order valence-electron chi connectivity index (χ2n) is 6.58. The Kier molecular flexibility index (Phi) is 4.02. The van der Waals surface area contributed by atoms with Gasteiger partial charge in [-0.05, 0) is 30.0 Å². The largest absolute Gasteiger partial charge is 0.383 e. The number of rotatable bonds is 3. The number of aliphatic hydroxyl groups excluding tert-OH is 1. The summed E-state index contributed by atoms with van der Waals surface area (Å²) < 4.78 is 0. The van der Waals surface area contributed by atoms with Gasteiger partial charge in [0.25, 0.3) is 5.91 Å². The Bertz CT molecular complexity index is 971. The SMILES string of the molecule is N#C[C@H]1C[C@@H]1C(=O)Nc1cc2cc(N3CC[C@H](O)C3=O)cc(Cl)c2cn1. The van der Waals surface area contributed by atoms with Gasteiger partial charge in [0.1, 0.15) is 11.9 Å². The predicted octanol–water partition coefficient (Wildman–Crippen LogP) is 2.08. The fourth-order valence-corrected chi connectivity index (χ4v) is 3.46. The van der Waals surface area contributed by atoms with Gasteiger partial charge >= 0.3 is 0 Å². The molecule has 1 aromatic heterocycles. The Morgan fingerprint density at radius 2 is 2.23 bits per heavy atom. The molecule has 1 aliphatic carbocycles. The molecule has 1 saturated heterocycles. The van der Waals surface area contributed by atoms with Crippen molar-refractivity contribution in [2.24, 2.45) is 11.8 Å². The smallest absolute Gasteiger partial charge is 0.255 e. The average molecular weight is 371 g/mol. The molecule has 2 aliphatic rings. The van der Waals surface area contributed by atoms with Gasteiger partial charge in [0.15, 0.2) is 0 Å². The van der Waals surface area contributed by atoms with E-state index >= 15 is 0 Å². The molecule has 1 saturated carbocycles. The molecule has 2 N–H and O–H groups in total. The zero-order valence-corrected chi connectivity index (χ0v) is 14.4. The van der Waals surface area contributed by atoms with E-state index in [1.165, 1.54) is 4.90 Å². The summed E-state index contributed by atoms with van der Waals surface area (Å²) in [5.41, 5.74) is 0.597. The summed E-state index contributed by atoms with van der Waals surface area (Å²) in [5, 5.41) is 23.0. The molecule has 4 rings (SSSR count). The Morgan fingerprint density at radius 3 is 2.88 bits per heavy atom.